The van der Waals surface area contributed by atoms with Gasteiger partial charge in [0.15, 0.2) is 0 Å². The molecule has 0 radical (unpaired) electrons. The van der Waals surface area contributed by atoms with Gasteiger partial charge in [-0.1, -0.05) is 18.2 Å². The number of hydrogen-bond donors (Lipinski definition) is 0. The Morgan fingerprint density at radius 2 is 1.84 bits per heavy atom. The summed E-state index contributed by atoms with van der Waals surface area (Å²) in [6, 6.07) is 8.74. The van der Waals surface area contributed by atoms with Crippen LogP contribution < -0.4 is 4.52 Å². The summed E-state index contributed by atoms with van der Waals surface area (Å²) in [5, 5.41) is 2.12. The average Bonchev–Trinajstić information content (AvgIpc) is 2.40. The molecule has 0 spiro atoms. The van der Waals surface area contributed by atoms with E-state index in [0.29, 0.717) is 18.8 Å². The monoisotopic (exact) mass is 338 g/mol. The summed E-state index contributed by atoms with van der Waals surface area (Å²) in [7, 11) is -3.51. The third-order valence-electron chi connectivity index (χ3n) is 2.18. The van der Waals surface area contributed by atoms with Crippen molar-refractivity contribution in [2.24, 2.45) is 4.76 Å². The lowest BCUT2D eigenvalue weighted by molar-refractivity contribution is 0.374. The van der Waals surface area contributed by atoms with Crippen LogP contribution in [-0.2, 0) is 4.57 Å². The standard InChI is InChI=1S/C11H13Cl2N2O2PS/c12-6-8-15(9-7-13)18(16,14-10-19)17-11-4-2-1-3-5-11/h1-5H,6-9H2. The van der Waals surface area contributed by atoms with E-state index in [2.05, 4.69) is 22.1 Å². The van der Waals surface area contributed by atoms with Crippen molar-refractivity contribution < 1.29 is 9.09 Å². The van der Waals surface area contributed by atoms with Crippen LogP contribution in [0.3, 0.4) is 0 Å². The number of para-hydroxylation sites is 1. The highest BCUT2D eigenvalue weighted by Crippen LogP contribution is 2.51. The molecule has 19 heavy (non-hydrogen) atoms. The first kappa shape index (κ1) is 16.6. The van der Waals surface area contributed by atoms with Crippen molar-refractivity contribution in [1.29, 1.82) is 0 Å². The summed E-state index contributed by atoms with van der Waals surface area (Å²) in [5.74, 6) is 1.01. The Bertz CT molecular complexity index is 477. The average molecular weight is 339 g/mol. The first-order valence-corrected chi connectivity index (χ1v) is 8.48. The van der Waals surface area contributed by atoms with Gasteiger partial charge in [0, 0.05) is 24.8 Å². The zero-order valence-corrected chi connectivity index (χ0v) is 13.3. The molecule has 0 amide bonds. The first-order chi connectivity index (χ1) is 9.16. The Morgan fingerprint density at radius 3 is 2.32 bits per heavy atom. The fourth-order valence-electron chi connectivity index (χ4n) is 1.37. The van der Waals surface area contributed by atoms with Gasteiger partial charge < -0.3 is 4.52 Å². The van der Waals surface area contributed by atoms with Crippen molar-refractivity contribution in [2.45, 2.75) is 0 Å². The Balaban J connectivity index is 3.00. The second-order valence-electron chi connectivity index (χ2n) is 3.42. The van der Waals surface area contributed by atoms with Gasteiger partial charge in [0.25, 0.3) is 0 Å². The second kappa shape index (κ2) is 8.70. The maximum atomic E-state index is 12.8. The lowest BCUT2D eigenvalue weighted by Gasteiger charge is -2.25. The summed E-state index contributed by atoms with van der Waals surface area (Å²) in [6.07, 6.45) is 0. The van der Waals surface area contributed by atoms with E-state index in [9.17, 15) is 4.57 Å². The summed E-state index contributed by atoms with van der Waals surface area (Å²) in [5.41, 5.74) is 0. The van der Waals surface area contributed by atoms with Crippen molar-refractivity contribution in [3.05, 3.63) is 30.3 Å². The summed E-state index contributed by atoms with van der Waals surface area (Å²) >= 11 is 15.9. The molecule has 104 valence electrons. The van der Waals surface area contributed by atoms with Crippen LogP contribution in [0, 0.1) is 0 Å². The van der Waals surface area contributed by atoms with Gasteiger partial charge in [-0.3, -0.25) is 0 Å². The van der Waals surface area contributed by atoms with E-state index in [1.54, 1.807) is 24.3 Å². The topological polar surface area (TPSA) is 41.9 Å². The number of nitrogens with zero attached hydrogens (tertiary/aromatic N) is 2. The second-order valence-corrected chi connectivity index (χ2v) is 6.29. The Labute approximate surface area is 127 Å². The van der Waals surface area contributed by atoms with Crippen molar-refractivity contribution in [1.82, 2.24) is 4.67 Å². The van der Waals surface area contributed by atoms with Crippen molar-refractivity contribution in [3.8, 4) is 5.75 Å². The molecule has 0 aliphatic carbocycles. The lowest BCUT2D eigenvalue weighted by Crippen LogP contribution is -2.26. The van der Waals surface area contributed by atoms with E-state index >= 15 is 0 Å². The summed E-state index contributed by atoms with van der Waals surface area (Å²) < 4.78 is 23.4. The number of alkyl halides is 2. The summed E-state index contributed by atoms with van der Waals surface area (Å²) in [4.78, 5) is 0. The number of thiocarbonyl (C=S) groups is 1. The molecule has 0 heterocycles. The molecule has 4 nitrogen and oxygen atoms in total. The third kappa shape index (κ3) is 5.23. The van der Waals surface area contributed by atoms with Crippen LogP contribution in [0.1, 0.15) is 0 Å². The smallest absolute Gasteiger partial charge is 0.416 e. The third-order valence-corrected chi connectivity index (χ3v) is 4.66. The van der Waals surface area contributed by atoms with Gasteiger partial charge in [-0.25, -0.2) is 4.57 Å². The molecule has 8 heteroatoms. The van der Waals surface area contributed by atoms with Crippen molar-refractivity contribution in [2.75, 3.05) is 24.8 Å². The van der Waals surface area contributed by atoms with Crippen LogP contribution >= 0.6 is 43.1 Å². The Hall–Kier alpha value is -0.410. The molecule has 0 N–H and O–H groups in total. The molecule has 0 fully saturated rings. The largest absolute Gasteiger partial charge is 0.449 e. The lowest BCUT2D eigenvalue weighted by atomic mass is 10.3. The highest BCUT2D eigenvalue weighted by atomic mass is 35.5. The molecule has 0 aliphatic heterocycles. The minimum Gasteiger partial charge on any atom is -0.416 e. The number of halogens is 2. The van der Waals surface area contributed by atoms with Crippen molar-refractivity contribution in [3.63, 3.8) is 0 Å². The van der Waals surface area contributed by atoms with Crippen molar-refractivity contribution >= 4 is 48.3 Å². The van der Waals surface area contributed by atoms with Crippen LogP contribution in [0.5, 0.6) is 5.75 Å². The molecule has 1 unspecified atom stereocenters. The van der Waals surface area contributed by atoms with Gasteiger partial charge in [-0.05, 0) is 24.4 Å². The Kier molecular flexibility index (Phi) is 7.62. The Morgan fingerprint density at radius 1 is 1.26 bits per heavy atom. The van der Waals surface area contributed by atoms with Gasteiger partial charge >= 0.3 is 7.67 Å². The molecular weight excluding hydrogens is 326 g/mol. The maximum absolute atomic E-state index is 12.8. The SMILES string of the molecule is O=P(N=C=S)(Oc1ccccc1)N(CCCl)CCCl. The predicted molar refractivity (Wildman–Crippen MR) is 82.7 cm³/mol. The van der Waals surface area contributed by atoms with E-state index in [-0.39, 0.29) is 11.8 Å². The van der Waals surface area contributed by atoms with Gasteiger partial charge in [0.1, 0.15) is 5.75 Å². The van der Waals surface area contributed by atoms with E-state index < -0.39 is 7.67 Å². The molecule has 0 aliphatic rings. The molecule has 1 aromatic carbocycles. The highest BCUT2D eigenvalue weighted by molar-refractivity contribution is 7.78. The quantitative estimate of drug-likeness (QED) is 0.310. The maximum Gasteiger partial charge on any atom is 0.449 e. The minimum absolute atomic E-state index is 0.284. The van der Waals surface area contributed by atoms with Gasteiger partial charge in [0.05, 0.1) is 5.16 Å². The first-order valence-electron chi connectivity index (χ1n) is 5.47. The van der Waals surface area contributed by atoms with E-state index in [1.165, 1.54) is 4.67 Å². The van der Waals surface area contributed by atoms with Crippen LogP contribution in [-0.4, -0.2) is 34.7 Å². The van der Waals surface area contributed by atoms with Crippen LogP contribution in [0.25, 0.3) is 0 Å². The minimum atomic E-state index is -3.51. The van der Waals surface area contributed by atoms with E-state index in [1.807, 2.05) is 6.07 Å². The fourth-order valence-corrected chi connectivity index (χ4v) is 3.81. The number of hydrogen-bond acceptors (Lipinski definition) is 3. The van der Waals surface area contributed by atoms with Crippen LogP contribution in [0.4, 0.5) is 0 Å². The predicted octanol–water partition coefficient (Wildman–Crippen LogP) is 4.06. The molecule has 1 aromatic rings. The normalized spacial score (nSPS) is 13.6. The molecule has 0 aromatic heterocycles. The van der Waals surface area contributed by atoms with Gasteiger partial charge in [-0.15, -0.1) is 28.0 Å². The molecule has 0 saturated heterocycles. The highest BCUT2D eigenvalue weighted by Gasteiger charge is 2.32. The van der Waals surface area contributed by atoms with Gasteiger partial charge in [0.2, 0.25) is 0 Å². The number of isothiocyanates is 1. The molecule has 0 bridgehead atoms. The van der Waals surface area contributed by atoms with Gasteiger partial charge in [-0.2, -0.15) is 4.67 Å². The number of rotatable bonds is 8. The molecule has 1 atom stereocenters. The number of benzene rings is 1. The summed E-state index contributed by atoms with van der Waals surface area (Å²) in [6.45, 7) is 0.664. The fraction of sp³-hybridized carbons (Fsp3) is 0.364. The van der Waals surface area contributed by atoms with E-state index in [0.717, 1.165) is 0 Å². The zero-order chi connectivity index (χ0) is 14.1. The zero-order valence-electron chi connectivity index (χ0n) is 10.0. The molecular formula is C11H13Cl2N2O2PS. The molecule has 0 saturated carbocycles. The van der Waals surface area contributed by atoms with E-state index in [4.69, 9.17) is 27.7 Å². The van der Waals surface area contributed by atoms with Crippen LogP contribution in [0.15, 0.2) is 35.1 Å². The molecule has 1 rings (SSSR count). The van der Waals surface area contributed by atoms with Crippen LogP contribution in [0.2, 0.25) is 0 Å².